The lowest BCUT2D eigenvalue weighted by Crippen LogP contribution is -1.94. The fraction of sp³-hybridized carbons (Fsp3) is 0. The highest BCUT2D eigenvalue weighted by molar-refractivity contribution is 7.99. The van der Waals surface area contributed by atoms with Gasteiger partial charge in [0.15, 0.2) is 5.65 Å². The fourth-order valence-electron chi connectivity index (χ4n) is 1.64. The SMILES string of the molecule is O=C(O)c1ccc(Sc2ccn3nccc3n2)cc1. The van der Waals surface area contributed by atoms with Crippen LogP contribution in [0.15, 0.2) is 58.7 Å². The molecule has 94 valence electrons. The second kappa shape index (κ2) is 4.74. The minimum absolute atomic E-state index is 0.281. The van der Waals surface area contributed by atoms with E-state index in [-0.39, 0.29) is 5.56 Å². The Bertz CT molecular complexity index is 737. The van der Waals surface area contributed by atoms with Gasteiger partial charge in [0.05, 0.1) is 11.8 Å². The van der Waals surface area contributed by atoms with Crippen molar-refractivity contribution in [3.05, 3.63) is 54.4 Å². The predicted molar refractivity (Wildman–Crippen MR) is 70.5 cm³/mol. The lowest BCUT2D eigenvalue weighted by Gasteiger charge is -2.02. The second-order valence-electron chi connectivity index (χ2n) is 3.83. The summed E-state index contributed by atoms with van der Waals surface area (Å²) in [5.41, 5.74) is 1.07. The average Bonchev–Trinajstić information content (AvgIpc) is 2.87. The van der Waals surface area contributed by atoms with Gasteiger partial charge < -0.3 is 5.11 Å². The Balaban J connectivity index is 1.85. The highest BCUT2D eigenvalue weighted by Gasteiger charge is 2.04. The predicted octanol–water partition coefficient (Wildman–Crippen LogP) is 2.58. The monoisotopic (exact) mass is 271 g/mol. The second-order valence-corrected chi connectivity index (χ2v) is 4.93. The first-order chi connectivity index (χ1) is 9.22. The van der Waals surface area contributed by atoms with Crippen LogP contribution in [0.3, 0.4) is 0 Å². The van der Waals surface area contributed by atoms with Gasteiger partial charge in [0.25, 0.3) is 0 Å². The Labute approximate surface area is 112 Å². The van der Waals surface area contributed by atoms with Crippen LogP contribution in [0.2, 0.25) is 0 Å². The number of aromatic nitrogens is 3. The third kappa shape index (κ3) is 2.43. The van der Waals surface area contributed by atoms with Gasteiger partial charge in [0, 0.05) is 17.2 Å². The van der Waals surface area contributed by atoms with Crippen molar-refractivity contribution in [2.75, 3.05) is 0 Å². The van der Waals surface area contributed by atoms with E-state index < -0.39 is 5.97 Å². The van der Waals surface area contributed by atoms with E-state index >= 15 is 0 Å². The number of carboxylic acids is 1. The van der Waals surface area contributed by atoms with Gasteiger partial charge in [0.2, 0.25) is 0 Å². The van der Waals surface area contributed by atoms with Crippen molar-refractivity contribution in [1.29, 1.82) is 0 Å². The van der Waals surface area contributed by atoms with Crippen LogP contribution in [0.5, 0.6) is 0 Å². The minimum Gasteiger partial charge on any atom is -0.478 e. The molecule has 0 unspecified atom stereocenters. The van der Waals surface area contributed by atoms with Gasteiger partial charge in [-0.2, -0.15) is 5.10 Å². The number of hydrogen-bond donors (Lipinski definition) is 1. The topological polar surface area (TPSA) is 67.5 Å². The standard InChI is InChI=1S/C13H9N3O2S/c17-13(18)9-1-3-10(4-2-9)19-12-6-8-16-11(15-12)5-7-14-16/h1-8H,(H,17,18). The zero-order valence-electron chi connectivity index (χ0n) is 9.72. The maximum Gasteiger partial charge on any atom is 0.335 e. The van der Waals surface area contributed by atoms with Crippen molar-refractivity contribution >= 4 is 23.4 Å². The van der Waals surface area contributed by atoms with E-state index in [0.717, 1.165) is 15.6 Å². The summed E-state index contributed by atoms with van der Waals surface area (Å²) < 4.78 is 1.69. The average molecular weight is 271 g/mol. The van der Waals surface area contributed by atoms with Crippen molar-refractivity contribution in [1.82, 2.24) is 14.6 Å². The van der Waals surface area contributed by atoms with Gasteiger partial charge in [-0.25, -0.2) is 14.3 Å². The molecule has 2 heterocycles. The molecule has 3 rings (SSSR count). The van der Waals surface area contributed by atoms with E-state index in [1.165, 1.54) is 11.8 Å². The van der Waals surface area contributed by atoms with Gasteiger partial charge in [-0.1, -0.05) is 11.8 Å². The minimum atomic E-state index is -0.921. The zero-order valence-corrected chi connectivity index (χ0v) is 10.5. The number of nitrogens with zero attached hydrogens (tertiary/aromatic N) is 3. The van der Waals surface area contributed by atoms with Crippen LogP contribution in [0.4, 0.5) is 0 Å². The molecule has 0 fully saturated rings. The van der Waals surface area contributed by atoms with Crippen LogP contribution in [0, 0.1) is 0 Å². The number of fused-ring (bicyclic) bond motifs is 1. The summed E-state index contributed by atoms with van der Waals surface area (Å²) in [4.78, 5) is 16.1. The summed E-state index contributed by atoms with van der Waals surface area (Å²) in [6, 6.07) is 10.4. The molecule has 3 aromatic rings. The Hall–Kier alpha value is -2.34. The van der Waals surface area contributed by atoms with Crippen molar-refractivity contribution in [3.8, 4) is 0 Å². The van der Waals surface area contributed by atoms with Crippen LogP contribution in [-0.2, 0) is 0 Å². The van der Waals surface area contributed by atoms with Crippen molar-refractivity contribution in [2.24, 2.45) is 0 Å². The van der Waals surface area contributed by atoms with Gasteiger partial charge in [0.1, 0.15) is 5.03 Å². The van der Waals surface area contributed by atoms with Crippen LogP contribution in [-0.4, -0.2) is 25.7 Å². The molecular formula is C13H9N3O2S. The molecule has 0 radical (unpaired) electrons. The molecule has 0 bridgehead atoms. The molecule has 1 N–H and O–H groups in total. The third-order valence-electron chi connectivity index (χ3n) is 2.56. The molecule has 0 aliphatic carbocycles. The number of rotatable bonds is 3. The first-order valence-electron chi connectivity index (χ1n) is 5.54. The van der Waals surface area contributed by atoms with E-state index in [2.05, 4.69) is 10.1 Å². The number of carboxylic acid groups (broad SMARTS) is 1. The van der Waals surface area contributed by atoms with Gasteiger partial charge in [-0.3, -0.25) is 0 Å². The number of hydrogen-bond acceptors (Lipinski definition) is 4. The number of aromatic carboxylic acids is 1. The summed E-state index contributed by atoms with van der Waals surface area (Å²) in [6.45, 7) is 0. The molecular weight excluding hydrogens is 262 g/mol. The molecule has 2 aromatic heterocycles. The number of benzene rings is 1. The van der Waals surface area contributed by atoms with E-state index in [0.29, 0.717) is 0 Å². The summed E-state index contributed by atoms with van der Waals surface area (Å²) in [5, 5.41) is 13.8. The van der Waals surface area contributed by atoms with Crippen LogP contribution in [0.1, 0.15) is 10.4 Å². The lowest BCUT2D eigenvalue weighted by molar-refractivity contribution is 0.0697. The maximum atomic E-state index is 10.8. The highest BCUT2D eigenvalue weighted by atomic mass is 32.2. The van der Waals surface area contributed by atoms with Crippen molar-refractivity contribution in [2.45, 2.75) is 9.92 Å². The molecule has 1 aromatic carbocycles. The third-order valence-corrected chi connectivity index (χ3v) is 3.50. The molecule has 5 nitrogen and oxygen atoms in total. The molecule has 6 heteroatoms. The van der Waals surface area contributed by atoms with Gasteiger partial charge in [-0.15, -0.1) is 0 Å². The molecule has 0 amide bonds. The van der Waals surface area contributed by atoms with Crippen LogP contribution < -0.4 is 0 Å². The Morgan fingerprint density at radius 1 is 1.16 bits per heavy atom. The highest BCUT2D eigenvalue weighted by Crippen LogP contribution is 2.26. The first-order valence-corrected chi connectivity index (χ1v) is 6.36. The van der Waals surface area contributed by atoms with Gasteiger partial charge >= 0.3 is 5.97 Å². The number of carbonyl (C=O) groups is 1. The fourth-order valence-corrected chi connectivity index (χ4v) is 2.42. The first kappa shape index (κ1) is 11.7. The van der Waals surface area contributed by atoms with Crippen LogP contribution in [0.25, 0.3) is 5.65 Å². The molecule has 0 spiro atoms. The Morgan fingerprint density at radius 2 is 1.95 bits per heavy atom. The van der Waals surface area contributed by atoms with E-state index in [1.807, 2.05) is 18.3 Å². The summed E-state index contributed by atoms with van der Waals surface area (Å²) >= 11 is 1.48. The zero-order chi connectivity index (χ0) is 13.2. The summed E-state index contributed by atoms with van der Waals surface area (Å²) in [5.74, 6) is -0.921. The smallest absolute Gasteiger partial charge is 0.335 e. The quantitative estimate of drug-likeness (QED) is 0.741. The normalized spacial score (nSPS) is 10.7. The maximum absolute atomic E-state index is 10.8. The Kier molecular flexibility index (Phi) is 2.92. The van der Waals surface area contributed by atoms with Gasteiger partial charge in [-0.05, 0) is 30.3 Å². The molecule has 0 aliphatic heterocycles. The summed E-state index contributed by atoms with van der Waals surface area (Å²) in [6.07, 6.45) is 3.54. The largest absolute Gasteiger partial charge is 0.478 e. The van der Waals surface area contributed by atoms with E-state index in [9.17, 15) is 4.79 Å². The van der Waals surface area contributed by atoms with Crippen molar-refractivity contribution < 1.29 is 9.90 Å². The van der Waals surface area contributed by atoms with Crippen LogP contribution >= 0.6 is 11.8 Å². The van der Waals surface area contributed by atoms with E-state index in [1.54, 1.807) is 35.0 Å². The molecule has 0 saturated heterocycles. The van der Waals surface area contributed by atoms with E-state index in [4.69, 9.17) is 5.11 Å². The molecule has 0 atom stereocenters. The lowest BCUT2D eigenvalue weighted by atomic mass is 10.2. The molecule has 0 saturated carbocycles. The summed E-state index contributed by atoms with van der Waals surface area (Å²) in [7, 11) is 0. The molecule has 0 aliphatic rings. The Morgan fingerprint density at radius 3 is 2.68 bits per heavy atom. The van der Waals surface area contributed by atoms with Crippen molar-refractivity contribution in [3.63, 3.8) is 0 Å². The molecule has 19 heavy (non-hydrogen) atoms.